The first-order valence-corrected chi connectivity index (χ1v) is 13.2. The van der Waals surface area contributed by atoms with Crippen molar-refractivity contribution in [1.82, 2.24) is 25.8 Å². The Morgan fingerprint density at radius 3 is 2.42 bits per heavy atom. The number of halogens is 1. The first kappa shape index (κ1) is 28.8. The van der Waals surface area contributed by atoms with Crippen LogP contribution in [-0.4, -0.2) is 51.1 Å². The van der Waals surface area contributed by atoms with E-state index in [0.29, 0.717) is 18.0 Å². The molecule has 11 nitrogen and oxygen atoms in total. The van der Waals surface area contributed by atoms with Gasteiger partial charge in [0.05, 0.1) is 11.9 Å². The molecule has 5 N–H and O–H groups in total. The number of carbonyl (C=O) groups is 2. The largest absolute Gasteiger partial charge is 0.444 e. The van der Waals surface area contributed by atoms with Gasteiger partial charge in [0.1, 0.15) is 11.2 Å². The van der Waals surface area contributed by atoms with Crippen molar-refractivity contribution < 1.29 is 19.1 Å². The minimum atomic E-state index is -0.841. The highest BCUT2D eigenvalue weighted by Crippen LogP contribution is 2.33. The van der Waals surface area contributed by atoms with Crippen molar-refractivity contribution in [3.63, 3.8) is 0 Å². The van der Waals surface area contributed by atoms with E-state index in [1.165, 1.54) is 0 Å². The van der Waals surface area contributed by atoms with Gasteiger partial charge in [0.15, 0.2) is 0 Å². The molecule has 0 aliphatic carbocycles. The number of nitrogens with one attached hydrogen (secondary N) is 5. The Hall–Kier alpha value is -4.25. The number of guanidine groups is 1. The zero-order chi connectivity index (χ0) is 29.1. The quantitative estimate of drug-likeness (QED) is 0.139. The fraction of sp³-hybridized carbons (Fsp3) is 0.357. The van der Waals surface area contributed by atoms with Gasteiger partial charge in [-0.2, -0.15) is 5.10 Å². The highest BCUT2D eigenvalue weighted by atomic mass is 35.5. The van der Waals surface area contributed by atoms with Crippen LogP contribution in [0.25, 0.3) is 21.8 Å². The van der Waals surface area contributed by atoms with E-state index >= 15 is 0 Å². The highest BCUT2D eigenvalue weighted by molar-refractivity contribution is 6.31. The third-order valence-corrected chi connectivity index (χ3v) is 5.68. The number of benzene rings is 2. The second-order valence-electron chi connectivity index (χ2n) is 11.2. The summed E-state index contributed by atoms with van der Waals surface area (Å²) >= 11 is 6.30. The molecule has 0 saturated carbocycles. The topological polar surface area (TPSA) is 146 Å². The molecule has 0 saturated heterocycles. The summed E-state index contributed by atoms with van der Waals surface area (Å²) in [5.74, 6) is -0.0733. The first-order chi connectivity index (χ1) is 18.8. The van der Waals surface area contributed by atoms with Crippen molar-refractivity contribution >= 4 is 62.9 Å². The Balaban J connectivity index is 1.60. The lowest BCUT2D eigenvalue weighted by atomic mass is 10.0. The molecule has 0 unspecified atom stereocenters. The molecule has 40 heavy (non-hydrogen) atoms. The molecule has 4 rings (SSSR count). The number of rotatable bonds is 5. The Kier molecular flexibility index (Phi) is 8.24. The number of nitrogens with zero attached hydrogens (tertiary/aromatic N) is 2. The molecule has 0 bridgehead atoms. The van der Waals surface area contributed by atoms with Crippen molar-refractivity contribution in [2.24, 2.45) is 4.99 Å². The summed E-state index contributed by atoms with van der Waals surface area (Å²) < 4.78 is 10.6. The second-order valence-corrected chi connectivity index (χ2v) is 11.7. The summed E-state index contributed by atoms with van der Waals surface area (Å²) in [5, 5.41) is 18.3. The number of amides is 2. The van der Waals surface area contributed by atoms with Crippen LogP contribution in [0.1, 0.15) is 47.1 Å². The lowest BCUT2D eigenvalue weighted by Crippen LogP contribution is -2.44. The summed E-state index contributed by atoms with van der Waals surface area (Å²) in [7, 11) is 0. The SMILES string of the molecule is CC(C)(C)OC(=O)/N=C(\NCCc1cc(Nc2cn[nH]c2)cc2c1[nH]c1ccc(Cl)cc12)NC(=O)OC(C)(C)C. The summed E-state index contributed by atoms with van der Waals surface area (Å²) in [6.45, 7) is 10.8. The first-order valence-electron chi connectivity index (χ1n) is 12.8. The summed E-state index contributed by atoms with van der Waals surface area (Å²) in [6, 6.07) is 9.79. The molecule has 2 heterocycles. The predicted octanol–water partition coefficient (Wildman–Crippen LogP) is 6.39. The number of aliphatic imine (C=N–C) groups is 1. The standard InChI is InChI=1S/C28H34ClN7O4/c1-27(2,3)39-25(37)35-24(36-26(38)40-28(4,5)6)30-10-9-16-11-18(33-19-14-31-32-15-19)13-21-20-12-17(29)7-8-22(20)34-23(16)21/h7-8,11-15,33-34H,9-10H2,1-6H3,(H,31,32)(H2,30,35,36,37,38). The molecule has 2 amide bonds. The number of ether oxygens (including phenoxy) is 2. The summed E-state index contributed by atoms with van der Waals surface area (Å²) in [5.41, 5.74) is 3.08. The molecule has 0 spiro atoms. The molecular formula is C28H34ClN7O4. The second kappa shape index (κ2) is 11.5. The van der Waals surface area contributed by atoms with Crippen LogP contribution in [0.2, 0.25) is 5.02 Å². The van der Waals surface area contributed by atoms with Crippen molar-refractivity contribution in [3.05, 3.63) is 53.3 Å². The number of hydrogen-bond donors (Lipinski definition) is 5. The average molecular weight is 568 g/mol. The maximum Gasteiger partial charge on any atom is 0.437 e. The van der Waals surface area contributed by atoms with E-state index in [0.717, 1.165) is 38.7 Å². The van der Waals surface area contributed by atoms with Crippen LogP contribution in [0, 0.1) is 0 Å². The van der Waals surface area contributed by atoms with Gasteiger partial charge in [0.25, 0.3) is 0 Å². The number of fused-ring (bicyclic) bond motifs is 3. The minimum absolute atomic E-state index is 0.0733. The van der Waals surface area contributed by atoms with Crippen LogP contribution >= 0.6 is 11.6 Å². The van der Waals surface area contributed by atoms with E-state index in [-0.39, 0.29) is 5.96 Å². The van der Waals surface area contributed by atoms with E-state index < -0.39 is 23.4 Å². The van der Waals surface area contributed by atoms with E-state index in [9.17, 15) is 9.59 Å². The highest BCUT2D eigenvalue weighted by Gasteiger charge is 2.20. The molecule has 0 aliphatic heterocycles. The van der Waals surface area contributed by atoms with Crippen molar-refractivity contribution in [3.8, 4) is 0 Å². The normalized spacial score (nSPS) is 12.4. The summed E-state index contributed by atoms with van der Waals surface area (Å²) in [6.07, 6.45) is 2.38. The smallest absolute Gasteiger partial charge is 0.437 e. The van der Waals surface area contributed by atoms with E-state index in [1.807, 2.05) is 30.3 Å². The van der Waals surface area contributed by atoms with Crippen LogP contribution in [0.15, 0.2) is 47.7 Å². The molecule has 2 aromatic carbocycles. The number of alkyl carbamates (subject to hydrolysis) is 1. The minimum Gasteiger partial charge on any atom is -0.444 e. The molecule has 4 aromatic rings. The van der Waals surface area contributed by atoms with Crippen molar-refractivity contribution in [1.29, 1.82) is 0 Å². The van der Waals surface area contributed by atoms with Gasteiger partial charge in [-0.05, 0) is 83.9 Å². The van der Waals surface area contributed by atoms with Gasteiger partial charge < -0.3 is 25.1 Å². The molecule has 12 heteroatoms. The number of anilines is 2. The monoisotopic (exact) mass is 567 g/mol. The number of hydrogen-bond acceptors (Lipinski definition) is 6. The fourth-order valence-corrected chi connectivity index (χ4v) is 4.18. The molecular weight excluding hydrogens is 534 g/mol. The van der Waals surface area contributed by atoms with Crippen LogP contribution in [0.5, 0.6) is 0 Å². The molecule has 2 aromatic heterocycles. The maximum atomic E-state index is 12.4. The van der Waals surface area contributed by atoms with Crippen LogP contribution < -0.4 is 16.0 Å². The molecule has 0 radical (unpaired) electrons. The third kappa shape index (κ3) is 7.89. The van der Waals surface area contributed by atoms with E-state index in [2.05, 4.69) is 36.1 Å². The van der Waals surface area contributed by atoms with Gasteiger partial charge in [-0.25, -0.2) is 9.59 Å². The number of H-pyrrole nitrogens is 2. The summed E-state index contributed by atoms with van der Waals surface area (Å²) in [4.78, 5) is 32.2. The Labute approximate surface area is 237 Å². The zero-order valence-corrected chi connectivity index (χ0v) is 24.1. The molecule has 0 aliphatic rings. The van der Waals surface area contributed by atoms with Crippen LogP contribution in [0.3, 0.4) is 0 Å². The van der Waals surface area contributed by atoms with E-state index in [1.54, 1.807) is 53.9 Å². The fourth-order valence-electron chi connectivity index (χ4n) is 4.00. The Morgan fingerprint density at radius 2 is 1.75 bits per heavy atom. The van der Waals surface area contributed by atoms with E-state index in [4.69, 9.17) is 21.1 Å². The van der Waals surface area contributed by atoms with Crippen molar-refractivity contribution in [2.45, 2.75) is 59.2 Å². The van der Waals surface area contributed by atoms with Gasteiger partial charge in [-0.1, -0.05) is 11.6 Å². The Bertz CT molecular complexity index is 1550. The number of carbonyl (C=O) groups excluding carboxylic acids is 2. The Morgan fingerprint density at radius 1 is 1.00 bits per heavy atom. The zero-order valence-electron chi connectivity index (χ0n) is 23.4. The van der Waals surface area contributed by atoms with Crippen LogP contribution in [-0.2, 0) is 15.9 Å². The van der Waals surface area contributed by atoms with Gasteiger partial charge in [-0.15, -0.1) is 4.99 Å². The predicted molar refractivity (Wildman–Crippen MR) is 157 cm³/mol. The van der Waals surface area contributed by atoms with Crippen molar-refractivity contribution in [2.75, 3.05) is 11.9 Å². The van der Waals surface area contributed by atoms with Gasteiger partial charge in [-0.3, -0.25) is 10.4 Å². The van der Waals surface area contributed by atoms with Gasteiger partial charge >= 0.3 is 12.2 Å². The third-order valence-electron chi connectivity index (χ3n) is 5.44. The maximum absolute atomic E-state index is 12.4. The number of aromatic amines is 2. The lowest BCUT2D eigenvalue weighted by Gasteiger charge is -2.21. The molecule has 0 atom stereocenters. The molecule has 212 valence electrons. The van der Waals surface area contributed by atoms with Gasteiger partial charge in [0, 0.05) is 45.3 Å². The van der Waals surface area contributed by atoms with Gasteiger partial charge in [0.2, 0.25) is 5.96 Å². The number of aromatic nitrogens is 3. The van der Waals surface area contributed by atoms with Crippen LogP contribution in [0.4, 0.5) is 21.0 Å². The average Bonchev–Trinajstić information content (AvgIpc) is 3.44. The lowest BCUT2D eigenvalue weighted by molar-refractivity contribution is 0.0560. The molecule has 0 fully saturated rings.